The molecule has 3 rings (SSSR count). The highest BCUT2D eigenvalue weighted by atomic mass is 32.2. The maximum absolute atomic E-state index is 13.8. The molecule has 2 heterocycles. The van der Waals surface area contributed by atoms with Crippen LogP contribution in [0.25, 0.3) is 0 Å². The van der Waals surface area contributed by atoms with Gasteiger partial charge in [0.25, 0.3) is 0 Å². The number of fused-ring (bicyclic) bond motifs is 1. The molecule has 9 nitrogen and oxygen atoms in total. The number of aromatic amines is 1. The van der Waals surface area contributed by atoms with Gasteiger partial charge in [0, 0.05) is 24.9 Å². The van der Waals surface area contributed by atoms with Gasteiger partial charge in [-0.15, -0.1) is 0 Å². The van der Waals surface area contributed by atoms with Crippen LogP contribution in [0.3, 0.4) is 0 Å². The van der Waals surface area contributed by atoms with Gasteiger partial charge in [-0.1, -0.05) is 38.1 Å². The second-order valence-corrected chi connectivity index (χ2v) is 10.2. The monoisotopic (exact) mass is 501 g/mol. The van der Waals surface area contributed by atoms with Crippen molar-refractivity contribution in [3.05, 3.63) is 53.6 Å². The topological polar surface area (TPSA) is 127 Å². The largest absolute Gasteiger partial charge is 0.394 e. The Labute approximate surface area is 210 Å². The molecule has 2 aromatic rings. The van der Waals surface area contributed by atoms with Crippen molar-refractivity contribution >= 4 is 29.5 Å². The van der Waals surface area contributed by atoms with E-state index < -0.39 is 12.1 Å². The van der Waals surface area contributed by atoms with Crippen LogP contribution in [-0.2, 0) is 33.8 Å². The highest BCUT2D eigenvalue weighted by Gasteiger charge is 2.39. The van der Waals surface area contributed by atoms with Crippen molar-refractivity contribution in [2.24, 2.45) is 5.92 Å². The number of amides is 3. The minimum Gasteiger partial charge on any atom is -0.394 e. The summed E-state index contributed by atoms with van der Waals surface area (Å²) < 4.78 is 0. The van der Waals surface area contributed by atoms with Crippen molar-refractivity contribution in [3.8, 4) is 0 Å². The Kier molecular flexibility index (Phi) is 9.73. The zero-order valence-corrected chi connectivity index (χ0v) is 21.3. The Morgan fingerprint density at radius 1 is 1.23 bits per heavy atom. The number of H-pyrrole nitrogens is 1. The predicted octanol–water partition coefficient (Wildman–Crippen LogP) is 1.28. The van der Waals surface area contributed by atoms with Crippen LogP contribution in [0, 0.1) is 5.92 Å². The Balaban J connectivity index is 1.81. The molecule has 0 aliphatic carbocycles. The lowest BCUT2D eigenvalue weighted by Gasteiger charge is -2.39. The number of hydrogen-bond acceptors (Lipinski definition) is 6. The van der Waals surface area contributed by atoms with Crippen LogP contribution in [0.4, 0.5) is 0 Å². The summed E-state index contributed by atoms with van der Waals surface area (Å²) in [6.07, 6.45) is 6.14. The number of carbonyl (C=O) groups excluding carboxylic acids is 3. The lowest BCUT2D eigenvalue weighted by Crippen LogP contribution is -2.60. The normalized spacial score (nSPS) is 16.9. The summed E-state index contributed by atoms with van der Waals surface area (Å²) in [5.74, 6) is -0.256. The number of nitrogens with one attached hydrogen (secondary N) is 3. The summed E-state index contributed by atoms with van der Waals surface area (Å²) in [6, 6.07) is 5.88. The molecule has 4 N–H and O–H groups in total. The molecule has 10 heteroatoms. The van der Waals surface area contributed by atoms with Crippen molar-refractivity contribution < 1.29 is 19.5 Å². The first kappa shape index (κ1) is 26.7. The molecule has 35 heavy (non-hydrogen) atoms. The van der Waals surface area contributed by atoms with E-state index in [1.54, 1.807) is 22.9 Å². The van der Waals surface area contributed by atoms with Gasteiger partial charge < -0.3 is 25.6 Å². The number of aliphatic hydroxyl groups is 1. The molecule has 0 spiro atoms. The fourth-order valence-electron chi connectivity index (χ4n) is 4.23. The van der Waals surface area contributed by atoms with E-state index in [0.717, 1.165) is 16.9 Å². The Bertz CT molecular complexity index is 998. The van der Waals surface area contributed by atoms with E-state index in [9.17, 15) is 19.5 Å². The molecule has 1 aliphatic rings. The number of thioether (sulfide) groups is 1. The molecule has 1 aromatic heterocycles. The molecule has 1 aromatic carbocycles. The van der Waals surface area contributed by atoms with Gasteiger partial charge in [-0.3, -0.25) is 14.4 Å². The fourth-order valence-corrected chi connectivity index (χ4v) is 4.75. The quantitative estimate of drug-likeness (QED) is 0.367. The third kappa shape index (κ3) is 7.08. The minimum atomic E-state index is -0.781. The van der Waals surface area contributed by atoms with Gasteiger partial charge in [-0.05, 0) is 35.5 Å². The zero-order chi connectivity index (χ0) is 25.4. The number of hydrogen-bond donors (Lipinski definition) is 4. The van der Waals surface area contributed by atoms with Gasteiger partial charge in [0.15, 0.2) is 0 Å². The third-order valence-electron chi connectivity index (χ3n) is 6.23. The summed E-state index contributed by atoms with van der Waals surface area (Å²) >= 11 is 1.64. The summed E-state index contributed by atoms with van der Waals surface area (Å²) in [6.45, 7) is 3.86. The van der Waals surface area contributed by atoms with Crippen molar-refractivity contribution in [2.75, 3.05) is 18.6 Å². The summed E-state index contributed by atoms with van der Waals surface area (Å²) in [7, 11) is 0. The number of aromatic nitrogens is 2. The van der Waals surface area contributed by atoms with Crippen LogP contribution in [0.1, 0.15) is 37.1 Å². The van der Waals surface area contributed by atoms with E-state index >= 15 is 0 Å². The molecule has 3 atom stereocenters. The SMILES string of the molecule is CSCCC(CO)NC(=O)[C@@H]1Cc2ccccc2CN1C(=O)[C@@H](NC(=O)Cc1cnc[nH]1)C(C)C. The van der Waals surface area contributed by atoms with Gasteiger partial charge in [0.05, 0.1) is 25.4 Å². The molecule has 0 bridgehead atoms. The van der Waals surface area contributed by atoms with E-state index in [-0.39, 0.29) is 49.3 Å². The number of imidazole rings is 1. The second kappa shape index (κ2) is 12.7. The summed E-state index contributed by atoms with van der Waals surface area (Å²) in [5, 5.41) is 15.5. The number of nitrogens with zero attached hydrogens (tertiary/aromatic N) is 2. The van der Waals surface area contributed by atoms with Crippen LogP contribution in [-0.4, -0.2) is 74.4 Å². The van der Waals surface area contributed by atoms with E-state index in [2.05, 4.69) is 20.6 Å². The van der Waals surface area contributed by atoms with Crippen molar-refractivity contribution in [2.45, 2.75) is 57.8 Å². The van der Waals surface area contributed by atoms with E-state index in [1.807, 2.05) is 44.4 Å². The first-order valence-electron chi connectivity index (χ1n) is 11.9. The molecule has 3 amide bonds. The van der Waals surface area contributed by atoms with Crippen molar-refractivity contribution in [3.63, 3.8) is 0 Å². The van der Waals surface area contributed by atoms with Gasteiger partial charge in [-0.2, -0.15) is 11.8 Å². The van der Waals surface area contributed by atoms with Gasteiger partial charge in [0.1, 0.15) is 12.1 Å². The van der Waals surface area contributed by atoms with Crippen LogP contribution < -0.4 is 10.6 Å². The lowest BCUT2D eigenvalue weighted by atomic mass is 9.91. The maximum Gasteiger partial charge on any atom is 0.246 e. The van der Waals surface area contributed by atoms with Gasteiger partial charge in [0.2, 0.25) is 17.7 Å². The number of rotatable bonds is 11. The van der Waals surface area contributed by atoms with E-state index in [4.69, 9.17) is 0 Å². The Morgan fingerprint density at radius 3 is 2.60 bits per heavy atom. The smallest absolute Gasteiger partial charge is 0.246 e. The average molecular weight is 502 g/mol. The highest BCUT2D eigenvalue weighted by molar-refractivity contribution is 7.98. The zero-order valence-electron chi connectivity index (χ0n) is 20.5. The molecule has 0 saturated heterocycles. The van der Waals surface area contributed by atoms with Crippen LogP contribution in [0.2, 0.25) is 0 Å². The predicted molar refractivity (Wildman–Crippen MR) is 136 cm³/mol. The molecule has 190 valence electrons. The molecule has 0 fully saturated rings. The molecular weight excluding hydrogens is 466 g/mol. The van der Waals surface area contributed by atoms with Crippen LogP contribution in [0.5, 0.6) is 0 Å². The first-order valence-corrected chi connectivity index (χ1v) is 13.3. The summed E-state index contributed by atoms with van der Waals surface area (Å²) in [4.78, 5) is 48.2. The Hall–Kier alpha value is -2.85. The molecule has 1 aliphatic heterocycles. The number of carbonyl (C=O) groups is 3. The molecular formula is C25H35N5O4S. The standard InChI is InChI=1S/C25H35N5O4S/c1-16(2)23(29-22(32)11-20-12-26-15-27-20)25(34)30-13-18-7-5-4-6-17(18)10-21(30)24(33)28-19(14-31)8-9-35-3/h4-7,12,15-16,19,21,23,31H,8-11,13-14H2,1-3H3,(H,26,27)(H,28,33)(H,29,32)/t19?,21-,23-/m0/s1. The molecule has 1 unspecified atom stereocenters. The summed E-state index contributed by atoms with van der Waals surface area (Å²) in [5.41, 5.74) is 2.66. The Morgan fingerprint density at radius 2 is 1.97 bits per heavy atom. The third-order valence-corrected chi connectivity index (χ3v) is 6.87. The van der Waals surface area contributed by atoms with Crippen molar-refractivity contribution in [1.29, 1.82) is 0 Å². The maximum atomic E-state index is 13.8. The number of benzene rings is 1. The lowest BCUT2D eigenvalue weighted by molar-refractivity contribution is -0.145. The molecule has 0 radical (unpaired) electrons. The minimum absolute atomic E-state index is 0.0802. The van der Waals surface area contributed by atoms with E-state index in [1.165, 1.54) is 6.33 Å². The van der Waals surface area contributed by atoms with Crippen molar-refractivity contribution in [1.82, 2.24) is 25.5 Å². The van der Waals surface area contributed by atoms with Gasteiger partial charge >= 0.3 is 0 Å². The van der Waals surface area contributed by atoms with Gasteiger partial charge in [-0.25, -0.2) is 4.98 Å². The van der Waals surface area contributed by atoms with E-state index in [0.29, 0.717) is 18.5 Å². The molecule has 0 saturated carbocycles. The van der Waals surface area contributed by atoms with Crippen LogP contribution in [0.15, 0.2) is 36.8 Å². The average Bonchev–Trinajstić information content (AvgIpc) is 3.36. The number of aliphatic hydroxyl groups excluding tert-OH is 1. The second-order valence-electron chi connectivity index (χ2n) is 9.17. The van der Waals surface area contributed by atoms with Crippen LogP contribution >= 0.6 is 11.8 Å². The first-order chi connectivity index (χ1) is 16.8. The fraction of sp³-hybridized carbons (Fsp3) is 0.520. The highest BCUT2D eigenvalue weighted by Crippen LogP contribution is 2.25.